The Balaban J connectivity index is 1.82. The zero-order valence-corrected chi connectivity index (χ0v) is 16.9. The highest BCUT2D eigenvalue weighted by Crippen LogP contribution is 2.24. The smallest absolute Gasteiger partial charge is 0.309 e. The van der Waals surface area contributed by atoms with Crippen LogP contribution in [0.2, 0.25) is 0 Å². The molecule has 27 heavy (non-hydrogen) atoms. The maximum atomic E-state index is 12.4. The molecule has 0 unspecified atom stereocenters. The number of nitrogens with zero attached hydrogens (tertiary/aromatic N) is 1. The van der Waals surface area contributed by atoms with Gasteiger partial charge in [0.15, 0.2) is 6.10 Å². The Morgan fingerprint density at radius 3 is 2.19 bits per heavy atom. The number of hydrogen-bond donors (Lipinski definition) is 1. The predicted octanol–water partition coefficient (Wildman–Crippen LogP) is 3.15. The van der Waals surface area contributed by atoms with Gasteiger partial charge in [-0.3, -0.25) is 14.4 Å². The topological polar surface area (TPSA) is 75.7 Å². The first kappa shape index (κ1) is 20.9. The van der Waals surface area contributed by atoms with Crippen molar-refractivity contribution in [1.29, 1.82) is 0 Å². The Hall–Kier alpha value is -2.37. The summed E-state index contributed by atoms with van der Waals surface area (Å²) in [6.45, 7) is 10.3. The normalized spacial score (nSPS) is 16.6. The van der Waals surface area contributed by atoms with Crippen LogP contribution >= 0.6 is 0 Å². The van der Waals surface area contributed by atoms with Crippen LogP contribution in [0.1, 0.15) is 46.1 Å². The lowest BCUT2D eigenvalue weighted by Gasteiger charge is -2.35. The molecule has 1 N–H and O–H groups in total. The summed E-state index contributed by atoms with van der Waals surface area (Å²) in [5.41, 5.74) is 1.35. The zero-order chi connectivity index (χ0) is 20.2. The zero-order valence-electron chi connectivity index (χ0n) is 16.9. The van der Waals surface area contributed by atoms with E-state index in [9.17, 15) is 14.4 Å². The van der Waals surface area contributed by atoms with Gasteiger partial charge in [-0.1, -0.05) is 38.5 Å². The molecule has 1 aliphatic rings. The Morgan fingerprint density at radius 2 is 1.67 bits per heavy atom. The van der Waals surface area contributed by atoms with Crippen LogP contribution in [0.25, 0.3) is 0 Å². The van der Waals surface area contributed by atoms with Crippen LogP contribution in [0.4, 0.5) is 5.69 Å². The molecule has 0 bridgehead atoms. The summed E-state index contributed by atoms with van der Waals surface area (Å²) < 4.78 is 5.36. The number of likely N-dealkylation sites (tertiary alicyclic amines) is 1. The molecule has 1 atom stereocenters. The number of nitrogens with one attached hydrogen (secondary N) is 1. The molecule has 1 saturated heterocycles. The summed E-state index contributed by atoms with van der Waals surface area (Å²) in [7, 11) is 0. The van der Waals surface area contributed by atoms with Crippen molar-refractivity contribution in [2.75, 3.05) is 18.4 Å². The first-order valence-corrected chi connectivity index (χ1v) is 9.45. The average molecular weight is 374 g/mol. The minimum atomic E-state index is -0.868. The van der Waals surface area contributed by atoms with Crippen molar-refractivity contribution >= 4 is 23.5 Å². The van der Waals surface area contributed by atoms with Gasteiger partial charge < -0.3 is 15.0 Å². The molecule has 0 aromatic heterocycles. The highest BCUT2D eigenvalue weighted by Gasteiger charge is 2.33. The first-order chi connectivity index (χ1) is 12.6. The van der Waals surface area contributed by atoms with Gasteiger partial charge in [-0.2, -0.15) is 0 Å². The number of esters is 1. The van der Waals surface area contributed by atoms with Crippen molar-refractivity contribution in [2.24, 2.45) is 11.3 Å². The van der Waals surface area contributed by atoms with Crippen molar-refractivity contribution in [3.63, 3.8) is 0 Å². The molecule has 1 aromatic rings. The number of aryl methyl sites for hydroxylation is 1. The quantitative estimate of drug-likeness (QED) is 0.822. The minimum absolute atomic E-state index is 0.0974. The SMILES string of the molecule is Cc1ccc(NC(=O)[C@H](C)OC(=O)C2CCN(C(=O)C(C)(C)C)CC2)cc1. The van der Waals surface area contributed by atoms with E-state index in [1.165, 1.54) is 0 Å². The van der Waals surface area contributed by atoms with E-state index in [2.05, 4.69) is 5.32 Å². The van der Waals surface area contributed by atoms with Gasteiger partial charge in [-0.15, -0.1) is 0 Å². The monoisotopic (exact) mass is 374 g/mol. The number of anilines is 1. The number of amides is 2. The van der Waals surface area contributed by atoms with Crippen LogP contribution in [-0.4, -0.2) is 41.9 Å². The van der Waals surface area contributed by atoms with Gasteiger partial charge in [0.25, 0.3) is 5.91 Å². The fourth-order valence-electron chi connectivity index (χ4n) is 3.00. The molecule has 0 radical (unpaired) electrons. The van der Waals surface area contributed by atoms with Crippen LogP contribution in [0.5, 0.6) is 0 Å². The summed E-state index contributed by atoms with van der Waals surface area (Å²) in [5.74, 6) is -0.902. The Morgan fingerprint density at radius 1 is 1.11 bits per heavy atom. The van der Waals surface area contributed by atoms with E-state index in [-0.39, 0.29) is 23.7 Å². The third-order valence-electron chi connectivity index (χ3n) is 4.74. The van der Waals surface area contributed by atoms with E-state index in [4.69, 9.17) is 4.74 Å². The molecule has 2 amide bonds. The van der Waals surface area contributed by atoms with Crippen LogP contribution in [0.15, 0.2) is 24.3 Å². The second kappa shape index (κ2) is 8.55. The maximum absolute atomic E-state index is 12.4. The summed E-state index contributed by atoms with van der Waals surface area (Å²) >= 11 is 0. The van der Waals surface area contributed by atoms with Crippen molar-refractivity contribution in [1.82, 2.24) is 4.90 Å². The minimum Gasteiger partial charge on any atom is -0.452 e. The molecule has 0 saturated carbocycles. The molecule has 1 aromatic carbocycles. The summed E-state index contributed by atoms with van der Waals surface area (Å²) in [5, 5.41) is 2.75. The maximum Gasteiger partial charge on any atom is 0.309 e. The van der Waals surface area contributed by atoms with Gasteiger partial charge >= 0.3 is 5.97 Å². The molecule has 148 valence electrons. The lowest BCUT2D eigenvalue weighted by molar-refractivity contribution is -0.160. The average Bonchev–Trinajstić information content (AvgIpc) is 2.62. The number of piperidine rings is 1. The van der Waals surface area contributed by atoms with E-state index in [0.717, 1.165) is 5.56 Å². The summed E-state index contributed by atoms with van der Waals surface area (Å²) in [6, 6.07) is 7.42. The van der Waals surface area contributed by atoms with E-state index >= 15 is 0 Å². The fourth-order valence-corrected chi connectivity index (χ4v) is 3.00. The molecule has 1 fully saturated rings. The summed E-state index contributed by atoms with van der Waals surface area (Å²) in [4.78, 5) is 38.7. The van der Waals surface area contributed by atoms with E-state index < -0.39 is 11.5 Å². The molecule has 0 spiro atoms. The second-order valence-corrected chi connectivity index (χ2v) is 8.25. The lowest BCUT2D eigenvalue weighted by Crippen LogP contribution is -2.45. The molecular formula is C21H30N2O4. The van der Waals surface area contributed by atoms with Crippen molar-refractivity contribution < 1.29 is 19.1 Å². The molecule has 6 nitrogen and oxygen atoms in total. The molecular weight excluding hydrogens is 344 g/mol. The van der Waals surface area contributed by atoms with Crippen molar-refractivity contribution in [3.05, 3.63) is 29.8 Å². The number of hydrogen-bond acceptors (Lipinski definition) is 4. The standard InChI is InChI=1S/C21H30N2O4/c1-14-6-8-17(9-7-14)22-18(24)15(2)27-19(25)16-10-12-23(13-11-16)20(26)21(3,4)5/h6-9,15-16H,10-13H2,1-5H3,(H,22,24)/t15-/m0/s1. The van der Waals surface area contributed by atoms with Gasteiger partial charge in [0.05, 0.1) is 5.92 Å². The largest absolute Gasteiger partial charge is 0.452 e. The van der Waals surface area contributed by atoms with Gasteiger partial charge in [-0.05, 0) is 38.8 Å². The van der Waals surface area contributed by atoms with Gasteiger partial charge in [-0.25, -0.2) is 0 Å². The Bertz CT molecular complexity index is 683. The van der Waals surface area contributed by atoms with Crippen LogP contribution in [-0.2, 0) is 19.1 Å². The van der Waals surface area contributed by atoms with Gasteiger partial charge in [0.1, 0.15) is 0 Å². The third-order valence-corrected chi connectivity index (χ3v) is 4.74. The molecule has 0 aliphatic carbocycles. The lowest BCUT2D eigenvalue weighted by atomic mass is 9.91. The number of carbonyl (C=O) groups excluding carboxylic acids is 3. The molecule has 6 heteroatoms. The first-order valence-electron chi connectivity index (χ1n) is 9.45. The molecule has 1 aliphatic heterocycles. The highest BCUT2D eigenvalue weighted by molar-refractivity contribution is 5.95. The van der Waals surface area contributed by atoms with E-state index in [1.807, 2.05) is 52.0 Å². The van der Waals surface area contributed by atoms with E-state index in [1.54, 1.807) is 11.8 Å². The second-order valence-electron chi connectivity index (χ2n) is 8.25. The van der Waals surface area contributed by atoms with E-state index in [0.29, 0.717) is 31.6 Å². The molecule has 2 rings (SSSR count). The van der Waals surface area contributed by atoms with Gasteiger partial charge in [0.2, 0.25) is 5.91 Å². The van der Waals surface area contributed by atoms with Crippen LogP contribution in [0, 0.1) is 18.3 Å². The molecule has 1 heterocycles. The third kappa shape index (κ3) is 5.81. The Kier molecular flexibility index (Phi) is 6.63. The summed E-state index contributed by atoms with van der Waals surface area (Å²) in [6.07, 6.45) is 0.257. The van der Waals surface area contributed by atoms with Crippen LogP contribution in [0.3, 0.4) is 0 Å². The fraction of sp³-hybridized carbons (Fsp3) is 0.571. The Labute approximate surface area is 161 Å². The van der Waals surface area contributed by atoms with Gasteiger partial charge in [0, 0.05) is 24.2 Å². The number of benzene rings is 1. The van der Waals surface area contributed by atoms with Crippen LogP contribution < -0.4 is 5.32 Å². The predicted molar refractivity (Wildman–Crippen MR) is 104 cm³/mol. The number of carbonyl (C=O) groups is 3. The number of ether oxygens (including phenoxy) is 1. The van der Waals surface area contributed by atoms with Crippen molar-refractivity contribution in [3.8, 4) is 0 Å². The number of rotatable bonds is 4. The highest BCUT2D eigenvalue weighted by atomic mass is 16.5. The van der Waals surface area contributed by atoms with Crippen molar-refractivity contribution in [2.45, 2.75) is 53.6 Å².